The van der Waals surface area contributed by atoms with Crippen molar-refractivity contribution >= 4 is 5.91 Å². The quantitative estimate of drug-likeness (QED) is 0.879. The van der Waals surface area contributed by atoms with Crippen molar-refractivity contribution in [2.75, 3.05) is 14.1 Å². The number of nitrogens with zero attached hydrogens (tertiary/aromatic N) is 1. The summed E-state index contributed by atoms with van der Waals surface area (Å²) in [5.41, 5.74) is 2.60. The molecule has 104 valence electrons. The van der Waals surface area contributed by atoms with Gasteiger partial charge in [0.15, 0.2) is 0 Å². The normalized spacial score (nSPS) is 18.2. The fourth-order valence-corrected chi connectivity index (χ4v) is 2.31. The van der Waals surface area contributed by atoms with Gasteiger partial charge in [-0.2, -0.15) is 0 Å². The van der Waals surface area contributed by atoms with Crippen LogP contribution in [-0.2, 0) is 11.2 Å². The summed E-state index contributed by atoms with van der Waals surface area (Å²) in [5, 5.41) is 3.24. The van der Waals surface area contributed by atoms with Gasteiger partial charge in [0.25, 0.3) is 0 Å². The van der Waals surface area contributed by atoms with Crippen molar-refractivity contribution in [3.05, 3.63) is 35.4 Å². The Balaban J connectivity index is 1.98. The summed E-state index contributed by atoms with van der Waals surface area (Å²) < 4.78 is 0. The molecule has 2 rings (SSSR count). The van der Waals surface area contributed by atoms with Crippen LogP contribution >= 0.6 is 0 Å². The van der Waals surface area contributed by atoms with E-state index in [1.807, 2.05) is 25.9 Å². The second-order valence-corrected chi connectivity index (χ2v) is 6.07. The molecule has 19 heavy (non-hydrogen) atoms. The topological polar surface area (TPSA) is 32.3 Å². The minimum Gasteiger partial charge on any atom is -0.349 e. The van der Waals surface area contributed by atoms with Crippen molar-refractivity contribution in [2.45, 2.75) is 44.7 Å². The van der Waals surface area contributed by atoms with E-state index in [-0.39, 0.29) is 17.5 Å². The third-order valence-corrected chi connectivity index (χ3v) is 4.02. The predicted molar refractivity (Wildman–Crippen MR) is 78.1 cm³/mol. The van der Waals surface area contributed by atoms with Gasteiger partial charge in [0.2, 0.25) is 5.91 Å². The summed E-state index contributed by atoms with van der Waals surface area (Å²) in [7, 11) is 3.87. The molecule has 0 aliphatic heterocycles. The van der Waals surface area contributed by atoms with Crippen LogP contribution in [-0.4, -0.2) is 36.5 Å². The fourth-order valence-electron chi connectivity index (χ4n) is 2.31. The molecule has 3 heteroatoms. The first-order chi connectivity index (χ1) is 8.92. The Labute approximate surface area is 116 Å². The van der Waals surface area contributed by atoms with Crippen molar-refractivity contribution in [1.29, 1.82) is 0 Å². The molecule has 1 amide bonds. The molecule has 0 bridgehead atoms. The van der Waals surface area contributed by atoms with Gasteiger partial charge in [-0.15, -0.1) is 0 Å². The lowest BCUT2D eigenvalue weighted by Gasteiger charge is -2.24. The van der Waals surface area contributed by atoms with Crippen molar-refractivity contribution in [3.63, 3.8) is 0 Å². The summed E-state index contributed by atoms with van der Waals surface area (Å²) in [6.07, 6.45) is 3.13. The molecule has 1 N–H and O–H groups in total. The first-order valence-corrected chi connectivity index (χ1v) is 6.96. The van der Waals surface area contributed by atoms with Gasteiger partial charge in [-0.05, 0) is 52.8 Å². The maximum absolute atomic E-state index is 12.1. The van der Waals surface area contributed by atoms with Crippen LogP contribution in [0, 0.1) is 6.92 Å². The van der Waals surface area contributed by atoms with E-state index in [1.54, 1.807) is 0 Å². The number of hydrogen-bond donors (Lipinski definition) is 1. The highest BCUT2D eigenvalue weighted by molar-refractivity contribution is 5.82. The lowest BCUT2D eigenvalue weighted by atomic mass is 10.0. The molecule has 1 atom stereocenters. The van der Waals surface area contributed by atoms with Gasteiger partial charge in [0, 0.05) is 5.54 Å². The molecule has 3 nitrogen and oxygen atoms in total. The number of hydrogen-bond acceptors (Lipinski definition) is 2. The van der Waals surface area contributed by atoms with Crippen LogP contribution in [0.2, 0.25) is 0 Å². The van der Waals surface area contributed by atoms with Gasteiger partial charge in [-0.1, -0.05) is 29.8 Å². The van der Waals surface area contributed by atoms with E-state index in [2.05, 4.69) is 36.5 Å². The minimum atomic E-state index is -0.0741. The second-order valence-electron chi connectivity index (χ2n) is 6.07. The molecular weight excluding hydrogens is 236 g/mol. The Kier molecular flexibility index (Phi) is 3.95. The highest BCUT2D eigenvalue weighted by Crippen LogP contribution is 2.38. The fraction of sp³-hybridized carbons (Fsp3) is 0.562. The van der Waals surface area contributed by atoms with Gasteiger partial charge in [0.05, 0.1) is 6.04 Å². The third-order valence-electron chi connectivity index (χ3n) is 4.02. The van der Waals surface area contributed by atoms with E-state index in [1.165, 1.54) is 11.1 Å². The number of carbonyl (C=O) groups excluding carboxylic acids is 1. The van der Waals surface area contributed by atoms with E-state index in [4.69, 9.17) is 0 Å². The van der Waals surface area contributed by atoms with Gasteiger partial charge < -0.3 is 5.32 Å². The van der Waals surface area contributed by atoms with Gasteiger partial charge >= 0.3 is 0 Å². The van der Waals surface area contributed by atoms with E-state index in [0.29, 0.717) is 0 Å². The zero-order valence-electron chi connectivity index (χ0n) is 12.4. The molecule has 1 aromatic carbocycles. The van der Waals surface area contributed by atoms with Crippen LogP contribution in [0.1, 0.15) is 30.9 Å². The Morgan fingerprint density at radius 1 is 1.42 bits per heavy atom. The average Bonchev–Trinajstić information content (AvgIpc) is 3.07. The standard InChI is InChI=1S/C16H24N2O/c1-12-6-5-7-14(10-12)11-16(8-9-16)17-15(19)13(2)18(3)4/h5-7,10,13H,8-9,11H2,1-4H3,(H,17,19)/t13-/m0/s1. The molecule has 1 aromatic rings. The number of benzene rings is 1. The molecule has 1 aliphatic carbocycles. The Hall–Kier alpha value is -1.35. The molecule has 1 aliphatic rings. The number of amides is 1. The van der Waals surface area contributed by atoms with Crippen LogP contribution in [0.4, 0.5) is 0 Å². The lowest BCUT2D eigenvalue weighted by molar-refractivity contribution is -0.126. The Morgan fingerprint density at radius 2 is 2.11 bits per heavy atom. The molecule has 0 spiro atoms. The molecule has 0 unspecified atom stereocenters. The van der Waals surface area contributed by atoms with Crippen LogP contribution in [0.3, 0.4) is 0 Å². The van der Waals surface area contributed by atoms with E-state index in [0.717, 1.165) is 19.3 Å². The maximum Gasteiger partial charge on any atom is 0.237 e. The summed E-state index contributed by atoms with van der Waals surface area (Å²) >= 11 is 0. The molecule has 0 radical (unpaired) electrons. The SMILES string of the molecule is Cc1cccc(CC2(NC(=O)[C@H](C)N(C)C)CC2)c1. The van der Waals surface area contributed by atoms with Crippen LogP contribution < -0.4 is 5.32 Å². The molecule has 0 aromatic heterocycles. The monoisotopic (exact) mass is 260 g/mol. The molecular formula is C16H24N2O. The highest BCUT2D eigenvalue weighted by atomic mass is 16.2. The smallest absolute Gasteiger partial charge is 0.237 e. The summed E-state index contributed by atoms with van der Waals surface area (Å²) in [5.74, 6) is 0.134. The number of nitrogens with one attached hydrogen (secondary N) is 1. The maximum atomic E-state index is 12.1. The number of likely N-dealkylation sites (N-methyl/N-ethyl adjacent to an activating group) is 1. The second kappa shape index (κ2) is 5.33. The minimum absolute atomic E-state index is 0.00907. The molecule has 0 heterocycles. The van der Waals surface area contributed by atoms with Gasteiger partial charge in [0.1, 0.15) is 0 Å². The van der Waals surface area contributed by atoms with E-state index >= 15 is 0 Å². The average molecular weight is 260 g/mol. The van der Waals surface area contributed by atoms with Crippen molar-refractivity contribution < 1.29 is 4.79 Å². The molecule has 1 fully saturated rings. The Bertz CT molecular complexity index is 464. The molecule has 1 saturated carbocycles. The van der Waals surface area contributed by atoms with Crippen LogP contribution in [0.5, 0.6) is 0 Å². The highest BCUT2D eigenvalue weighted by Gasteiger charge is 2.44. The van der Waals surface area contributed by atoms with Gasteiger partial charge in [-0.3, -0.25) is 9.69 Å². The Morgan fingerprint density at radius 3 is 2.63 bits per heavy atom. The number of aryl methyl sites for hydroxylation is 1. The predicted octanol–water partition coefficient (Wildman–Crippen LogP) is 2.14. The summed E-state index contributed by atoms with van der Waals surface area (Å²) in [6, 6.07) is 8.48. The van der Waals surface area contributed by atoms with Crippen LogP contribution in [0.15, 0.2) is 24.3 Å². The third kappa shape index (κ3) is 3.57. The van der Waals surface area contributed by atoms with Crippen molar-refractivity contribution in [3.8, 4) is 0 Å². The largest absolute Gasteiger partial charge is 0.349 e. The van der Waals surface area contributed by atoms with E-state index < -0.39 is 0 Å². The number of rotatable bonds is 5. The van der Waals surface area contributed by atoms with Crippen molar-refractivity contribution in [1.82, 2.24) is 10.2 Å². The summed E-state index contributed by atoms with van der Waals surface area (Å²) in [4.78, 5) is 14.1. The zero-order chi connectivity index (χ0) is 14.0. The van der Waals surface area contributed by atoms with E-state index in [9.17, 15) is 4.79 Å². The van der Waals surface area contributed by atoms with Gasteiger partial charge in [-0.25, -0.2) is 0 Å². The van der Waals surface area contributed by atoms with Crippen LogP contribution in [0.25, 0.3) is 0 Å². The first-order valence-electron chi connectivity index (χ1n) is 6.96. The lowest BCUT2D eigenvalue weighted by Crippen LogP contribution is -2.47. The zero-order valence-corrected chi connectivity index (χ0v) is 12.4. The van der Waals surface area contributed by atoms with Crippen molar-refractivity contribution in [2.24, 2.45) is 0 Å². The first kappa shape index (κ1) is 14.1. The molecule has 0 saturated heterocycles. The summed E-state index contributed by atoms with van der Waals surface area (Å²) in [6.45, 7) is 4.05. The number of carbonyl (C=O) groups is 1.